The van der Waals surface area contributed by atoms with Crippen molar-refractivity contribution in [2.45, 2.75) is 20.8 Å². The number of hydrogen-bond donors (Lipinski definition) is 1. The normalized spacial score (nSPS) is 10.4. The Morgan fingerprint density at radius 2 is 2.06 bits per heavy atom. The lowest BCUT2D eigenvalue weighted by atomic mass is 10.2. The van der Waals surface area contributed by atoms with Crippen molar-refractivity contribution < 1.29 is 4.79 Å². The molecule has 0 aliphatic heterocycles. The van der Waals surface area contributed by atoms with Crippen molar-refractivity contribution in [3.63, 3.8) is 0 Å². The summed E-state index contributed by atoms with van der Waals surface area (Å²) in [7, 11) is 0. The number of anilines is 1. The summed E-state index contributed by atoms with van der Waals surface area (Å²) < 4.78 is 0.999. The van der Waals surface area contributed by atoms with Crippen molar-refractivity contribution in [2.75, 3.05) is 5.32 Å². The molecule has 0 aliphatic carbocycles. The number of thiazole rings is 1. The van der Waals surface area contributed by atoms with Gasteiger partial charge < -0.3 is 5.32 Å². The number of carbonyl (C=O) groups is 1. The van der Waals surface area contributed by atoms with Gasteiger partial charge in [0, 0.05) is 15.0 Å². The van der Waals surface area contributed by atoms with Crippen LogP contribution in [-0.2, 0) is 0 Å². The Kier molecular flexibility index (Phi) is 3.82. The van der Waals surface area contributed by atoms with Gasteiger partial charge in [0.1, 0.15) is 5.69 Å². The Hall–Kier alpha value is -1.20. The topological polar surface area (TPSA) is 42.0 Å². The first-order chi connectivity index (χ1) is 8.47. The summed E-state index contributed by atoms with van der Waals surface area (Å²) in [4.78, 5) is 17.3. The fraction of sp³-hybridized carbons (Fsp3) is 0.231. The zero-order valence-electron chi connectivity index (χ0n) is 10.4. The number of rotatable bonds is 2. The van der Waals surface area contributed by atoms with Crippen LogP contribution >= 0.6 is 27.3 Å². The third-order valence-electron chi connectivity index (χ3n) is 2.56. The molecule has 0 atom stereocenters. The molecule has 1 amide bonds. The lowest BCUT2D eigenvalue weighted by molar-refractivity contribution is 0.102. The minimum Gasteiger partial charge on any atom is -0.320 e. The van der Waals surface area contributed by atoms with Crippen molar-refractivity contribution in [3.8, 4) is 0 Å². The van der Waals surface area contributed by atoms with Crippen LogP contribution in [0.3, 0.4) is 0 Å². The highest BCUT2D eigenvalue weighted by Crippen LogP contribution is 2.22. The van der Waals surface area contributed by atoms with Gasteiger partial charge in [-0.25, -0.2) is 4.98 Å². The van der Waals surface area contributed by atoms with E-state index in [1.165, 1.54) is 11.3 Å². The van der Waals surface area contributed by atoms with E-state index in [4.69, 9.17) is 0 Å². The smallest absolute Gasteiger partial charge is 0.275 e. The van der Waals surface area contributed by atoms with Gasteiger partial charge in [-0.05, 0) is 44.5 Å². The standard InChI is InChI=1S/C13H13BrN2OS/c1-7-6-10(14)4-5-11(7)16-13(17)12-8(2)18-9(3)15-12/h4-6H,1-3H3,(H,16,17). The number of amides is 1. The Bertz CT molecular complexity index is 607. The summed E-state index contributed by atoms with van der Waals surface area (Å²) in [6.07, 6.45) is 0. The van der Waals surface area contributed by atoms with E-state index in [1.807, 2.05) is 39.0 Å². The van der Waals surface area contributed by atoms with Gasteiger partial charge in [0.2, 0.25) is 0 Å². The van der Waals surface area contributed by atoms with Crippen molar-refractivity contribution in [2.24, 2.45) is 0 Å². The lowest BCUT2D eigenvalue weighted by Crippen LogP contribution is -2.14. The van der Waals surface area contributed by atoms with E-state index in [-0.39, 0.29) is 5.91 Å². The maximum atomic E-state index is 12.1. The molecule has 1 aromatic heterocycles. The first-order valence-electron chi connectivity index (χ1n) is 5.49. The zero-order valence-corrected chi connectivity index (χ0v) is 12.8. The van der Waals surface area contributed by atoms with Crippen LogP contribution in [0, 0.1) is 20.8 Å². The number of aryl methyl sites for hydroxylation is 3. The molecular weight excluding hydrogens is 312 g/mol. The average molecular weight is 325 g/mol. The number of aromatic nitrogens is 1. The van der Waals surface area contributed by atoms with E-state index in [2.05, 4.69) is 26.2 Å². The summed E-state index contributed by atoms with van der Waals surface area (Å²) in [6, 6.07) is 5.75. The summed E-state index contributed by atoms with van der Waals surface area (Å²) in [5.41, 5.74) is 2.34. The molecule has 1 heterocycles. The number of nitrogens with one attached hydrogen (secondary N) is 1. The molecule has 0 saturated carbocycles. The molecule has 2 rings (SSSR count). The summed E-state index contributed by atoms with van der Waals surface area (Å²) in [6.45, 7) is 5.77. The van der Waals surface area contributed by atoms with E-state index in [0.717, 1.165) is 25.6 Å². The first kappa shape index (κ1) is 13.2. The molecule has 0 radical (unpaired) electrons. The van der Waals surface area contributed by atoms with Crippen LogP contribution in [0.5, 0.6) is 0 Å². The van der Waals surface area contributed by atoms with Crippen LogP contribution < -0.4 is 5.32 Å². The van der Waals surface area contributed by atoms with Gasteiger partial charge in [0.05, 0.1) is 5.01 Å². The molecule has 0 spiro atoms. The van der Waals surface area contributed by atoms with Gasteiger partial charge >= 0.3 is 0 Å². The van der Waals surface area contributed by atoms with Crippen molar-refractivity contribution in [3.05, 3.63) is 43.8 Å². The third kappa shape index (κ3) is 2.79. The molecule has 0 saturated heterocycles. The van der Waals surface area contributed by atoms with Crippen LogP contribution in [0.2, 0.25) is 0 Å². The monoisotopic (exact) mass is 324 g/mol. The molecule has 1 N–H and O–H groups in total. The van der Waals surface area contributed by atoms with E-state index in [0.29, 0.717) is 5.69 Å². The lowest BCUT2D eigenvalue weighted by Gasteiger charge is -2.07. The van der Waals surface area contributed by atoms with Gasteiger partial charge in [-0.3, -0.25) is 4.79 Å². The molecule has 0 aliphatic rings. The molecule has 0 bridgehead atoms. The van der Waals surface area contributed by atoms with Crippen molar-refractivity contribution in [1.29, 1.82) is 0 Å². The quantitative estimate of drug-likeness (QED) is 0.904. The SMILES string of the molecule is Cc1nc(C(=O)Nc2ccc(Br)cc2C)c(C)s1. The number of nitrogens with zero attached hydrogens (tertiary/aromatic N) is 1. The van der Waals surface area contributed by atoms with E-state index < -0.39 is 0 Å². The number of benzene rings is 1. The third-order valence-corrected chi connectivity index (χ3v) is 3.93. The predicted molar refractivity (Wildman–Crippen MR) is 78.4 cm³/mol. The molecule has 18 heavy (non-hydrogen) atoms. The maximum absolute atomic E-state index is 12.1. The Labute approximate surface area is 118 Å². The van der Waals surface area contributed by atoms with Crippen LogP contribution in [-0.4, -0.2) is 10.9 Å². The number of hydrogen-bond acceptors (Lipinski definition) is 3. The van der Waals surface area contributed by atoms with Crippen LogP contribution in [0.25, 0.3) is 0 Å². The highest BCUT2D eigenvalue weighted by molar-refractivity contribution is 9.10. The van der Waals surface area contributed by atoms with Gasteiger partial charge in [-0.15, -0.1) is 11.3 Å². The molecule has 0 unspecified atom stereocenters. The van der Waals surface area contributed by atoms with Crippen LogP contribution in [0.15, 0.2) is 22.7 Å². The zero-order chi connectivity index (χ0) is 13.3. The highest BCUT2D eigenvalue weighted by Gasteiger charge is 2.14. The summed E-state index contributed by atoms with van der Waals surface area (Å²) in [5.74, 6) is -0.151. The first-order valence-corrected chi connectivity index (χ1v) is 7.10. The number of carbonyl (C=O) groups excluding carboxylic acids is 1. The van der Waals surface area contributed by atoms with Crippen LogP contribution in [0.1, 0.15) is 25.9 Å². The maximum Gasteiger partial charge on any atom is 0.275 e. The minimum atomic E-state index is -0.151. The second-order valence-electron chi connectivity index (χ2n) is 4.05. The van der Waals surface area contributed by atoms with Gasteiger partial charge in [0.15, 0.2) is 0 Å². The second kappa shape index (κ2) is 5.20. The molecular formula is C13H13BrN2OS. The van der Waals surface area contributed by atoms with E-state index >= 15 is 0 Å². The van der Waals surface area contributed by atoms with E-state index in [1.54, 1.807) is 0 Å². The summed E-state index contributed by atoms with van der Waals surface area (Å²) >= 11 is 4.93. The molecule has 5 heteroatoms. The Morgan fingerprint density at radius 1 is 1.33 bits per heavy atom. The fourth-order valence-corrected chi connectivity index (χ4v) is 2.98. The van der Waals surface area contributed by atoms with Crippen molar-refractivity contribution in [1.82, 2.24) is 4.98 Å². The fourth-order valence-electron chi connectivity index (χ4n) is 1.69. The molecule has 94 valence electrons. The Balaban J connectivity index is 2.24. The van der Waals surface area contributed by atoms with Gasteiger partial charge in [-0.1, -0.05) is 15.9 Å². The summed E-state index contributed by atoms with van der Waals surface area (Å²) in [5, 5.41) is 3.80. The average Bonchev–Trinajstić information content (AvgIpc) is 2.62. The van der Waals surface area contributed by atoms with Gasteiger partial charge in [-0.2, -0.15) is 0 Å². The molecule has 2 aromatic rings. The largest absolute Gasteiger partial charge is 0.320 e. The van der Waals surface area contributed by atoms with E-state index in [9.17, 15) is 4.79 Å². The molecule has 1 aromatic carbocycles. The molecule has 0 fully saturated rings. The number of halogens is 1. The highest BCUT2D eigenvalue weighted by atomic mass is 79.9. The Morgan fingerprint density at radius 3 is 2.61 bits per heavy atom. The van der Waals surface area contributed by atoms with Gasteiger partial charge in [0.25, 0.3) is 5.91 Å². The van der Waals surface area contributed by atoms with Crippen LogP contribution in [0.4, 0.5) is 5.69 Å². The minimum absolute atomic E-state index is 0.151. The second-order valence-corrected chi connectivity index (χ2v) is 6.37. The van der Waals surface area contributed by atoms with Crippen molar-refractivity contribution >= 4 is 38.9 Å². The predicted octanol–water partition coefficient (Wildman–Crippen LogP) is 4.08. The molecule has 3 nitrogen and oxygen atoms in total.